The predicted molar refractivity (Wildman–Crippen MR) is 75.9 cm³/mol. The number of benzene rings is 1. The van der Waals surface area contributed by atoms with Crippen molar-refractivity contribution in [3.8, 4) is 0 Å². The van der Waals surface area contributed by atoms with Crippen LogP contribution in [0.4, 0.5) is 10.1 Å². The Kier molecular flexibility index (Phi) is 5.01. The number of likely N-dealkylation sites (N-methyl/N-ethyl adjacent to an activating group) is 1. The van der Waals surface area contributed by atoms with Gasteiger partial charge in [0.2, 0.25) is 0 Å². The summed E-state index contributed by atoms with van der Waals surface area (Å²) in [5.41, 5.74) is 2.05. The summed E-state index contributed by atoms with van der Waals surface area (Å²) in [6, 6.07) is 4.94. The maximum absolute atomic E-state index is 13.2. The number of nitrogens with zero attached hydrogens (tertiary/aromatic N) is 1. The Balaban J connectivity index is 2.05. The van der Waals surface area contributed by atoms with E-state index in [0.29, 0.717) is 11.4 Å². The summed E-state index contributed by atoms with van der Waals surface area (Å²) in [6.07, 6.45) is 3.84. The van der Waals surface area contributed by atoms with Crippen molar-refractivity contribution < 1.29 is 9.13 Å². The summed E-state index contributed by atoms with van der Waals surface area (Å²) in [7, 11) is 2.04. The van der Waals surface area contributed by atoms with Crippen molar-refractivity contribution in [3.63, 3.8) is 0 Å². The number of alkyl halides is 1. The van der Waals surface area contributed by atoms with Crippen molar-refractivity contribution in [1.82, 2.24) is 0 Å². The molecule has 18 heavy (non-hydrogen) atoms. The lowest BCUT2D eigenvalue weighted by Crippen LogP contribution is -2.33. The van der Waals surface area contributed by atoms with Crippen LogP contribution in [0.1, 0.15) is 24.8 Å². The van der Waals surface area contributed by atoms with E-state index in [0.717, 1.165) is 30.8 Å². The molecule has 0 aromatic heterocycles. The van der Waals surface area contributed by atoms with E-state index < -0.39 is 0 Å². The zero-order valence-corrected chi connectivity index (χ0v) is 12.2. The molecule has 1 atom stereocenters. The number of halogens is 2. The molecule has 1 unspecified atom stereocenters. The lowest BCUT2D eigenvalue weighted by Gasteiger charge is -2.29. The standard InChI is InChI=1S/C14H19BrFNO/c1-17(10-13-4-2-3-7-18-13)14-6-5-12(16)8-11(14)9-15/h5-6,8,13H,2-4,7,9-10H2,1H3. The van der Waals surface area contributed by atoms with Crippen LogP contribution in [0.2, 0.25) is 0 Å². The highest BCUT2D eigenvalue weighted by Crippen LogP contribution is 2.24. The van der Waals surface area contributed by atoms with E-state index in [1.807, 2.05) is 13.1 Å². The molecule has 0 radical (unpaired) electrons. The predicted octanol–water partition coefficient (Wildman–Crippen LogP) is 3.73. The molecule has 100 valence electrons. The minimum absolute atomic E-state index is 0.185. The summed E-state index contributed by atoms with van der Waals surface area (Å²) < 4.78 is 18.9. The Hall–Kier alpha value is -0.610. The van der Waals surface area contributed by atoms with Gasteiger partial charge in [-0.1, -0.05) is 15.9 Å². The molecule has 4 heteroatoms. The van der Waals surface area contributed by atoms with Crippen molar-refractivity contribution in [3.05, 3.63) is 29.6 Å². The molecule has 0 bridgehead atoms. The van der Waals surface area contributed by atoms with Gasteiger partial charge in [-0.15, -0.1) is 0 Å². The van der Waals surface area contributed by atoms with Gasteiger partial charge < -0.3 is 9.64 Å². The van der Waals surface area contributed by atoms with E-state index >= 15 is 0 Å². The summed E-state index contributed by atoms with van der Waals surface area (Å²) in [5.74, 6) is -0.185. The maximum Gasteiger partial charge on any atom is 0.123 e. The third kappa shape index (κ3) is 3.45. The zero-order chi connectivity index (χ0) is 13.0. The van der Waals surface area contributed by atoms with Crippen LogP contribution >= 0.6 is 15.9 Å². The van der Waals surface area contributed by atoms with Gasteiger partial charge in [-0.05, 0) is 43.0 Å². The van der Waals surface area contributed by atoms with Crippen LogP contribution in [0.15, 0.2) is 18.2 Å². The molecule has 1 fully saturated rings. The van der Waals surface area contributed by atoms with Crippen LogP contribution in [0.3, 0.4) is 0 Å². The van der Waals surface area contributed by atoms with Crippen LogP contribution in [-0.2, 0) is 10.1 Å². The molecule has 2 nitrogen and oxygen atoms in total. The van der Waals surface area contributed by atoms with Crippen molar-refractivity contribution in [1.29, 1.82) is 0 Å². The van der Waals surface area contributed by atoms with E-state index in [1.165, 1.54) is 18.9 Å². The van der Waals surface area contributed by atoms with Crippen LogP contribution in [0.5, 0.6) is 0 Å². The van der Waals surface area contributed by atoms with Crippen molar-refractivity contribution >= 4 is 21.6 Å². The first-order chi connectivity index (χ1) is 8.70. The minimum atomic E-state index is -0.185. The van der Waals surface area contributed by atoms with E-state index in [4.69, 9.17) is 4.74 Å². The van der Waals surface area contributed by atoms with Gasteiger partial charge in [-0.2, -0.15) is 0 Å². The average molecular weight is 316 g/mol. The third-order valence-corrected chi connectivity index (χ3v) is 3.95. The van der Waals surface area contributed by atoms with Crippen molar-refractivity contribution in [2.75, 3.05) is 25.1 Å². The SMILES string of the molecule is CN(CC1CCCCO1)c1ccc(F)cc1CBr. The van der Waals surface area contributed by atoms with E-state index in [9.17, 15) is 4.39 Å². The number of hydrogen-bond donors (Lipinski definition) is 0. The Morgan fingerprint density at radius 2 is 2.28 bits per heavy atom. The van der Waals surface area contributed by atoms with Gasteiger partial charge in [-0.25, -0.2) is 4.39 Å². The smallest absolute Gasteiger partial charge is 0.123 e. The average Bonchev–Trinajstić information content (AvgIpc) is 2.39. The molecule has 1 saturated heterocycles. The van der Waals surface area contributed by atoms with Crippen molar-refractivity contribution in [2.45, 2.75) is 30.7 Å². The molecular formula is C14H19BrFNO. The van der Waals surface area contributed by atoms with Gasteiger partial charge in [-0.3, -0.25) is 0 Å². The first kappa shape index (κ1) is 13.8. The molecular weight excluding hydrogens is 297 g/mol. The summed E-state index contributed by atoms with van der Waals surface area (Å²) in [5, 5.41) is 0.663. The molecule has 0 spiro atoms. The fourth-order valence-electron chi connectivity index (χ4n) is 2.39. The Morgan fingerprint density at radius 1 is 1.44 bits per heavy atom. The first-order valence-corrected chi connectivity index (χ1v) is 7.50. The Labute approximate surface area is 116 Å². The lowest BCUT2D eigenvalue weighted by atomic mass is 10.1. The highest BCUT2D eigenvalue weighted by Gasteiger charge is 2.17. The second kappa shape index (κ2) is 6.53. The monoisotopic (exact) mass is 315 g/mol. The normalized spacial score (nSPS) is 19.8. The van der Waals surface area contributed by atoms with Crippen LogP contribution < -0.4 is 4.90 Å². The van der Waals surface area contributed by atoms with E-state index in [-0.39, 0.29) is 5.82 Å². The Bertz CT molecular complexity index is 393. The molecule has 1 aromatic carbocycles. The molecule has 1 aromatic rings. The van der Waals surface area contributed by atoms with Gasteiger partial charge in [0.25, 0.3) is 0 Å². The molecule has 1 aliphatic rings. The van der Waals surface area contributed by atoms with Gasteiger partial charge in [0.1, 0.15) is 5.82 Å². The van der Waals surface area contributed by atoms with E-state index in [1.54, 1.807) is 6.07 Å². The molecule has 0 aliphatic carbocycles. The minimum Gasteiger partial charge on any atom is -0.376 e. The summed E-state index contributed by atoms with van der Waals surface area (Å²) in [6.45, 7) is 1.73. The highest BCUT2D eigenvalue weighted by atomic mass is 79.9. The summed E-state index contributed by atoms with van der Waals surface area (Å²) in [4.78, 5) is 2.16. The highest BCUT2D eigenvalue weighted by molar-refractivity contribution is 9.08. The molecule has 1 heterocycles. The lowest BCUT2D eigenvalue weighted by molar-refractivity contribution is 0.0216. The summed E-state index contributed by atoms with van der Waals surface area (Å²) >= 11 is 3.41. The fraction of sp³-hybridized carbons (Fsp3) is 0.571. The van der Waals surface area contributed by atoms with Crippen LogP contribution in [-0.4, -0.2) is 26.3 Å². The first-order valence-electron chi connectivity index (χ1n) is 6.38. The number of ether oxygens (including phenoxy) is 1. The van der Waals surface area contributed by atoms with Gasteiger partial charge in [0, 0.05) is 31.2 Å². The second-order valence-electron chi connectivity index (χ2n) is 4.78. The molecule has 0 amide bonds. The molecule has 0 saturated carbocycles. The van der Waals surface area contributed by atoms with Gasteiger partial charge >= 0.3 is 0 Å². The fourth-order valence-corrected chi connectivity index (χ4v) is 2.84. The number of rotatable bonds is 4. The largest absolute Gasteiger partial charge is 0.376 e. The molecule has 0 N–H and O–H groups in total. The Morgan fingerprint density at radius 3 is 2.94 bits per heavy atom. The van der Waals surface area contributed by atoms with Gasteiger partial charge in [0.05, 0.1) is 6.10 Å². The van der Waals surface area contributed by atoms with Crippen LogP contribution in [0, 0.1) is 5.82 Å². The topological polar surface area (TPSA) is 12.5 Å². The molecule has 1 aliphatic heterocycles. The van der Waals surface area contributed by atoms with Gasteiger partial charge in [0.15, 0.2) is 0 Å². The zero-order valence-electron chi connectivity index (χ0n) is 10.7. The quantitative estimate of drug-likeness (QED) is 0.785. The number of hydrogen-bond acceptors (Lipinski definition) is 2. The third-order valence-electron chi connectivity index (χ3n) is 3.35. The van der Waals surface area contributed by atoms with E-state index in [2.05, 4.69) is 20.8 Å². The number of anilines is 1. The van der Waals surface area contributed by atoms with Crippen molar-refractivity contribution in [2.24, 2.45) is 0 Å². The molecule has 2 rings (SSSR count). The maximum atomic E-state index is 13.2. The second-order valence-corrected chi connectivity index (χ2v) is 5.34. The van der Waals surface area contributed by atoms with Crippen LogP contribution in [0.25, 0.3) is 0 Å².